The van der Waals surface area contributed by atoms with Crippen molar-refractivity contribution in [2.75, 3.05) is 31.2 Å². The molecule has 2 aliphatic rings. The van der Waals surface area contributed by atoms with Crippen molar-refractivity contribution in [2.45, 2.75) is 45.8 Å². The van der Waals surface area contributed by atoms with E-state index >= 15 is 0 Å². The second kappa shape index (κ2) is 5.23. The first kappa shape index (κ1) is 15.3. The molecule has 2 saturated heterocycles. The van der Waals surface area contributed by atoms with Crippen LogP contribution in [-0.2, 0) is 14.0 Å². The van der Waals surface area contributed by atoms with Gasteiger partial charge in [0.15, 0.2) is 5.13 Å². The maximum Gasteiger partial charge on any atom is 0.507 e. The molecule has 0 spiro atoms. The minimum absolute atomic E-state index is 0.312. The van der Waals surface area contributed by atoms with Crippen molar-refractivity contribution in [3.8, 4) is 0 Å². The van der Waals surface area contributed by atoms with Crippen molar-refractivity contribution in [2.24, 2.45) is 0 Å². The number of rotatable bonds is 2. The first-order chi connectivity index (χ1) is 9.80. The van der Waals surface area contributed by atoms with E-state index in [1.807, 2.05) is 6.92 Å². The van der Waals surface area contributed by atoms with E-state index in [1.54, 1.807) is 11.3 Å². The van der Waals surface area contributed by atoms with Crippen LogP contribution in [0.3, 0.4) is 0 Å². The molecular formula is C14H23BN2O3S. The van der Waals surface area contributed by atoms with Crippen LogP contribution < -0.4 is 9.68 Å². The molecule has 2 fully saturated rings. The molecule has 21 heavy (non-hydrogen) atoms. The van der Waals surface area contributed by atoms with E-state index in [0.29, 0.717) is 0 Å². The minimum atomic E-state index is -0.317. The SMILES string of the molecule is Cc1nc(N2CCOCC2)sc1B1OC(C)(C)C(C)(C)O1. The lowest BCUT2D eigenvalue weighted by atomic mass is 9.86. The number of hydrogen-bond acceptors (Lipinski definition) is 6. The van der Waals surface area contributed by atoms with Gasteiger partial charge in [0.05, 0.1) is 34.9 Å². The van der Waals surface area contributed by atoms with Gasteiger partial charge in [-0.2, -0.15) is 0 Å². The maximum absolute atomic E-state index is 6.14. The van der Waals surface area contributed by atoms with Crippen LogP contribution in [0.2, 0.25) is 0 Å². The Morgan fingerprint density at radius 3 is 2.24 bits per heavy atom. The second-order valence-corrected chi connectivity index (χ2v) is 7.64. The molecule has 0 atom stereocenters. The molecule has 5 nitrogen and oxygen atoms in total. The molecule has 0 radical (unpaired) electrons. The Kier molecular flexibility index (Phi) is 3.80. The largest absolute Gasteiger partial charge is 0.507 e. The quantitative estimate of drug-likeness (QED) is 0.776. The molecular weight excluding hydrogens is 287 g/mol. The molecule has 3 heterocycles. The minimum Gasteiger partial charge on any atom is -0.399 e. The first-order valence-electron chi connectivity index (χ1n) is 7.46. The van der Waals surface area contributed by atoms with E-state index in [1.165, 1.54) is 0 Å². The van der Waals surface area contributed by atoms with Crippen LogP contribution in [0.5, 0.6) is 0 Å². The highest BCUT2D eigenvalue weighted by Crippen LogP contribution is 2.37. The Balaban J connectivity index is 1.82. The summed E-state index contributed by atoms with van der Waals surface area (Å²) in [4.78, 5) is 6.98. The van der Waals surface area contributed by atoms with Gasteiger partial charge in [-0.3, -0.25) is 0 Å². The monoisotopic (exact) mass is 310 g/mol. The van der Waals surface area contributed by atoms with E-state index in [4.69, 9.17) is 19.0 Å². The predicted molar refractivity (Wildman–Crippen MR) is 85.6 cm³/mol. The Hall–Kier alpha value is -0.625. The normalized spacial score (nSPS) is 24.6. The highest BCUT2D eigenvalue weighted by molar-refractivity contribution is 7.25. The van der Waals surface area contributed by atoms with Crippen molar-refractivity contribution < 1.29 is 14.0 Å². The summed E-state index contributed by atoms with van der Waals surface area (Å²) >= 11 is 1.67. The predicted octanol–water partition coefficient (Wildman–Crippen LogP) is 1.59. The zero-order chi connectivity index (χ0) is 15.3. The van der Waals surface area contributed by atoms with Crippen molar-refractivity contribution in [1.82, 2.24) is 4.98 Å². The number of nitrogens with zero attached hydrogens (tertiary/aromatic N) is 2. The summed E-state index contributed by atoms with van der Waals surface area (Å²) in [5, 5.41) is 1.04. The standard InChI is InChI=1S/C14H23BN2O3S/c1-10-11(15-19-13(2,3)14(4,5)20-15)21-12(16-10)17-6-8-18-9-7-17/h6-9H2,1-5H3. The summed E-state index contributed by atoms with van der Waals surface area (Å²) in [6.07, 6.45) is 0. The van der Waals surface area contributed by atoms with Crippen LogP contribution in [0.15, 0.2) is 0 Å². The van der Waals surface area contributed by atoms with Gasteiger partial charge < -0.3 is 18.9 Å². The van der Waals surface area contributed by atoms with Gasteiger partial charge in [-0.15, -0.1) is 11.3 Å². The summed E-state index contributed by atoms with van der Waals surface area (Å²) in [5.74, 6) is 0. The Morgan fingerprint density at radius 2 is 1.67 bits per heavy atom. The van der Waals surface area contributed by atoms with E-state index in [-0.39, 0.29) is 18.3 Å². The van der Waals surface area contributed by atoms with Crippen LogP contribution in [-0.4, -0.2) is 49.6 Å². The summed E-state index contributed by atoms with van der Waals surface area (Å²) in [6, 6.07) is 0. The van der Waals surface area contributed by atoms with E-state index < -0.39 is 0 Å². The van der Waals surface area contributed by atoms with Crippen LogP contribution >= 0.6 is 11.3 Å². The number of anilines is 1. The van der Waals surface area contributed by atoms with Crippen molar-refractivity contribution >= 4 is 28.4 Å². The molecule has 1 aromatic heterocycles. The fourth-order valence-electron chi connectivity index (χ4n) is 2.45. The summed E-state index contributed by atoms with van der Waals surface area (Å²) < 4.78 is 18.8. The molecule has 0 aromatic carbocycles. The Labute approximate surface area is 130 Å². The second-order valence-electron chi connectivity index (χ2n) is 6.63. The van der Waals surface area contributed by atoms with Gasteiger partial charge in [-0.25, -0.2) is 4.98 Å². The molecule has 0 N–H and O–H groups in total. The zero-order valence-electron chi connectivity index (χ0n) is 13.4. The third kappa shape index (κ3) is 2.72. The Morgan fingerprint density at radius 1 is 1.10 bits per heavy atom. The van der Waals surface area contributed by atoms with E-state index in [9.17, 15) is 0 Å². The van der Waals surface area contributed by atoms with Gasteiger partial charge in [0.2, 0.25) is 0 Å². The molecule has 1 aromatic rings. The topological polar surface area (TPSA) is 43.8 Å². The lowest BCUT2D eigenvalue weighted by Crippen LogP contribution is -2.41. The summed E-state index contributed by atoms with van der Waals surface area (Å²) in [5.41, 5.74) is 0.375. The highest BCUT2D eigenvalue weighted by atomic mass is 32.1. The molecule has 0 aliphatic carbocycles. The fraction of sp³-hybridized carbons (Fsp3) is 0.786. The number of ether oxygens (including phenoxy) is 1. The van der Waals surface area contributed by atoms with Gasteiger partial charge in [-0.1, -0.05) is 0 Å². The highest BCUT2D eigenvalue weighted by Gasteiger charge is 2.53. The zero-order valence-corrected chi connectivity index (χ0v) is 14.2. The van der Waals surface area contributed by atoms with E-state index in [2.05, 4.69) is 32.6 Å². The number of aryl methyl sites for hydroxylation is 1. The molecule has 0 amide bonds. The molecule has 3 rings (SSSR count). The molecule has 0 bridgehead atoms. The van der Waals surface area contributed by atoms with Gasteiger partial charge >= 0.3 is 7.12 Å². The van der Waals surface area contributed by atoms with Crippen LogP contribution in [0.25, 0.3) is 0 Å². The number of aromatic nitrogens is 1. The van der Waals surface area contributed by atoms with Gasteiger partial charge in [0.1, 0.15) is 0 Å². The van der Waals surface area contributed by atoms with Crippen molar-refractivity contribution in [3.05, 3.63) is 5.69 Å². The third-order valence-corrected chi connectivity index (χ3v) is 5.81. The average molecular weight is 310 g/mol. The number of morpholine rings is 1. The fourth-order valence-corrected chi connectivity index (χ4v) is 3.53. The van der Waals surface area contributed by atoms with Crippen molar-refractivity contribution in [1.29, 1.82) is 0 Å². The molecule has 7 heteroatoms. The Bertz CT molecular complexity index is 510. The molecule has 0 saturated carbocycles. The summed E-state index contributed by atoms with van der Waals surface area (Å²) in [6.45, 7) is 13.7. The van der Waals surface area contributed by atoms with Crippen LogP contribution in [0, 0.1) is 6.92 Å². The van der Waals surface area contributed by atoms with Crippen molar-refractivity contribution in [3.63, 3.8) is 0 Å². The smallest absolute Gasteiger partial charge is 0.399 e. The molecule has 2 aliphatic heterocycles. The van der Waals surface area contributed by atoms with Gasteiger partial charge in [0.25, 0.3) is 0 Å². The van der Waals surface area contributed by atoms with Gasteiger partial charge in [0, 0.05) is 13.1 Å². The van der Waals surface area contributed by atoms with Gasteiger partial charge in [-0.05, 0) is 34.6 Å². The first-order valence-corrected chi connectivity index (χ1v) is 8.27. The number of thiazole rings is 1. The lowest BCUT2D eigenvalue weighted by Gasteiger charge is -2.32. The lowest BCUT2D eigenvalue weighted by molar-refractivity contribution is 0.00578. The summed E-state index contributed by atoms with van der Waals surface area (Å²) in [7, 11) is -0.317. The third-order valence-electron chi connectivity index (χ3n) is 4.57. The maximum atomic E-state index is 6.14. The number of hydrogen-bond donors (Lipinski definition) is 0. The average Bonchev–Trinajstić information content (AvgIpc) is 2.89. The van der Waals surface area contributed by atoms with E-state index in [0.717, 1.165) is 41.9 Å². The molecule has 0 unspecified atom stereocenters. The molecule has 116 valence electrons. The van der Waals surface area contributed by atoms with Crippen LogP contribution in [0.1, 0.15) is 33.4 Å². The van der Waals surface area contributed by atoms with Crippen LogP contribution in [0.4, 0.5) is 5.13 Å².